The summed E-state index contributed by atoms with van der Waals surface area (Å²) < 4.78 is 1.19. The van der Waals surface area contributed by atoms with Crippen molar-refractivity contribution in [2.24, 2.45) is 7.05 Å². The molecule has 5 heteroatoms. The highest BCUT2D eigenvalue weighted by Gasteiger charge is 2.17. The van der Waals surface area contributed by atoms with E-state index in [9.17, 15) is 9.90 Å². The molecule has 0 saturated carbocycles. The molecular weight excluding hydrogens is 158 g/mol. The number of nitrogens with zero attached hydrogens (tertiary/aromatic N) is 3. The van der Waals surface area contributed by atoms with Gasteiger partial charge in [0, 0.05) is 21.1 Å². The zero-order chi connectivity index (χ0) is 9.30. The summed E-state index contributed by atoms with van der Waals surface area (Å²) >= 11 is 0. The van der Waals surface area contributed by atoms with Crippen LogP contribution in [-0.2, 0) is 7.05 Å². The zero-order valence-electron chi connectivity index (χ0n) is 7.20. The van der Waals surface area contributed by atoms with Gasteiger partial charge in [0.15, 0.2) is 0 Å². The maximum absolute atomic E-state index is 11.3. The van der Waals surface area contributed by atoms with Gasteiger partial charge in [0.1, 0.15) is 11.8 Å². The summed E-state index contributed by atoms with van der Waals surface area (Å²) in [6, 6.07) is 0. The van der Waals surface area contributed by atoms with E-state index in [0.29, 0.717) is 0 Å². The van der Waals surface area contributed by atoms with Crippen LogP contribution in [-0.4, -0.2) is 39.8 Å². The van der Waals surface area contributed by atoms with Gasteiger partial charge >= 0.3 is 0 Å². The third-order valence-electron chi connectivity index (χ3n) is 1.46. The summed E-state index contributed by atoms with van der Waals surface area (Å²) in [7, 11) is 4.74. The second-order valence-electron chi connectivity index (χ2n) is 2.63. The van der Waals surface area contributed by atoms with E-state index in [4.69, 9.17) is 0 Å². The number of rotatable bonds is 1. The van der Waals surface area contributed by atoms with Gasteiger partial charge in [0.25, 0.3) is 5.91 Å². The smallest absolute Gasteiger partial charge is 0.261 e. The Balaban J connectivity index is 3.04. The molecule has 1 rings (SSSR count). The van der Waals surface area contributed by atoms with Gasteiger partial charge in [-0.2, -0.15) is 5.10 Å². The topological polar surface area (TPSA) is 58.4 Å². The first-order valence-corrected chi connectivity index (χ1v) is 3.39. The minimum Gasteiger partial charge on any atom is -0.493 e. The second kappa shape index (κ2) is 2.84. The van der Waals surface area contributed by atoms with Crippen LogP contribution in [0.1, 0.15) is 10.4 Å². The van der Waals surface area contributed by atoms with Crippen molar-refractivity contribution in [1.82, 2.24) is 14.7 Å². The molecule has 1 heterocycles. The first-order valence-electron chi connectivity index (χ1n) is 3.39. The highest BCUT2D eigenvalue weighted by Crippen LogP contribution is 2.14. The summed E-state index contributed by atoms with van der Waals surface area (Å²) in [4.78, 5) is 12.6. The number of aryl methyl sites for hydroxylation is 1. The van der Waals surface area contributed by atoms with E-state index in [0.717, 1.165) is 0 Å². The summed E-state index contributed by atoms with van der Waals surface area (Å²) in [5.41, 5.74) is 0.0995. The first-order chi connectivity index (χ1) is 5.54. The fourth-order valence-electron chi connectivity index (χ4n) is 0.751. The summed E-state index contributed by atoms with van der Waals surface area (Å²) in [6.45, 7) is 0. The van der Waals surface area contributed by atoms with Crippen LogP contribution in [0.25, 0.3) is 0 Å². The van der Waals surface area contributed by atoms with Crippen LogP contribution in [0.5, 0.6) is 5.88 Å². The molecule has 1 aromatic heterocycles. The molecular formula is C7H10N3O2. The number of hydrogen-bond donors (Lipinski definition) is 1. The number of aromatic hydroxyl groups is 1. The lowest BCUT2D eigenvalue weighted by Crippen LogP contribution is -2.21. The molecule has 0 saturated heterocycles. The van der Waals surface area contributed by atoms with Gasteiger partial charge in [-0.25, -0.2) is 4.68 Å². The summed E-state index contributed by atoms with van der Waals surface area (Å²) in [5, 5.41) is 12.9. The minimum absolute atomic E-state index is 0.0995. The van der Waals surface area contributed by atoms with Gasteiger partial charge in [0.05, 0.1) is 0 Å². The molecule has 5 nitrogen and oxygen atoms in total. The van der Waals surface area contributed by atoms with Gasteiger partial charge in [0.2, 0.25) is 5.88 Å². The van der Waals surface area contributed by atoms with Crippen molar-refractivity contribution in [2.75, 3.05) is 14.1 Å². The third-order valence-corrected chi connectivity index (χ3v) is 1.46. The molecule has 0 bridgehead atoms. The lowest BCUT2D eigenvalue weighted by Gasteiger charge is -2.07. The molecule has 1 radical (unpaired) electrons. The van der Waals surface area contributed by atoms with E-state index in [-0.39, 0.29) is 17.4 Å². The van der Waals surface area contributed by atoms with Crippen molar-refractivity contribution in [3.63, 3.8) is 0 Å². The molecule has 0 fully saturated rings. The van der Waals surface area contributed by atoms with E-state index in [1.54, 1.807) is 14.1 Å². The fraction of sp³-hybridized carbons (Fsp3) is 0.429. The molecule has 0 aliphatic rings. The third kappa shape index (κ3) is 1.25. The first kappa shape index (κ1) is 8.58. The van der Waals surface area contributed by atoms with E-state index in [1.807, 2.05) is 0 Å². The van der Waals surface area contributed by atoms with Crippen molar-refractivity contribution in [3.05, 3.63) is 11.8 Å². The Morgan fingerprint density at radius 3 is 2.58 bits per heavy atom. The molecule has 1 aromatic rings. The molecule has 0 spiro atoms. The van der Waals surface area contributed by atoms with E-state index >= 15 is 0 Å². The zero-order valence-corrected chi connectivity index (χ0v) is 7.20. The fourth-order valence-corrected chi connectivity index (χ4v) is 0.751. The molecule has 12 heavy (non-hydrogen) atoms. The van der Waals surface area contributed by atoms with Gasteiger partial charge in [-0.05, 0) is 0 Å². The van der Waals surface area contributed by atoms with Crippen LogP contribution in [0, 0.1) is 6.20 Å². The molecule has 0 aliphatic carbocycles. The molecule has 1 amide bonds. The van der Waals surface area contributed by atoms with E-state index in [1.165, 1.54) is 16.6 Å². The van der Waals surface area contributed by atoms with Gasteiger partial charge < -0.3 is 10.0 Å². The number of hydrogen-bond acceptors (Lipinski definition) is 3. The highest BCUT2D eigenvalue weighted by atomic mass is 16.3. The lowest BCUT2D eigenvalue weighted by atomic mass is 10.3. The quantitative estimate of drug-likeness (QED) is 0.622. The predicted molar refractivity (Wildman–Crippen MR) is 41.7 cm³/mol. The average Bonchev–Trinajstić information content (AvgIpc) is 2.32. The van der Waals surface area contributed by atoms with Crippen LogP contribution < -0.4 is 0 Å². The lowest BCUT2D eigenvalue weighted by molar-refractivity contribution is 0.0824. The Morgan fingerprint density at radius 1 is 1.67 bits per heavy atom. The minimum atomic E-state index is -0.305. The largest absolute Gasteiger partial charge is 0.493 e. The van der Waals surface area contributed by atoms with Crippen molar-refractivity contribution >= 4 is 5.91 Å². The summed E-state index contributed by atoms with van der Waals surface area (Å²) in [5.74, 6) is -0.464. The van der Waals surface area contributed by atoms with Crippen LogP contribution in [0.3, 0.4) is 0 Å². The molecule has 0 atom stereocenters. The Labute approximate surface area is 70.2 Å². The maximum atomic E-state index is 11.3. The van der Waals surface area contributed by atoms with Crippen molar-refractivity contribution in [2.45, 2.75) is 0 Å². The average molecular weight is 168 g/mol. The van der Waals surface area contributed by atoms with Gasteiger partial charge in [-0.3, -0.25) is 4.79 Å². The number of aromatic nitrogens is 2. The SMILES string of the molecule is CN(C)C(=O)c1[c]nn(C)c1O. The molecule has 0 unspecified atom stereocenters. The second-order valence-corrected chi connectivity index (χ2v) is 2.63. The Kier molecular flexibility index (Phi) is 2.03. The normalized spacial score (nSPS) is 9.92. The molecule has 65 valence electrons. The van der Waals surface area contributed by atoms with Crippen LogP contribution in [0.15, 0.2) is 0 Å². The number of carbonyl (C=O) groups is 1. The van der Waals surface area contributed by atoms with Crippen LogP contribution in [0.2, 0.25) is 0 Å². The predicted octanol–water partition coefficient (Wildman–Crippen LogP) is -0.372. The van der Waals surface area contributed by atoms with E-state index < -0.39 is 0 Å². The van der Waals surface area contributed by atoms with Gasteiger partial charge in [-0.1, -0.05) is 0 Å². The monoisotopic (exact) mass is 168 g/mol. The van der Waals surface area contributed by atoms with Gasteiger partial charge in [-0.15, -0.1) is 0 Å². The van der Waals surface area contributed by atoms with Crippen LogP contribution in [0.4, 0.5) is 0 Å². The Bertz CT molecular complexity index is 304. The molecule has 0 aliphatic heterocycles. The Morgan fingerprint density at radius 2 is 2.25 bits per heavy atom. The molecule has 0 aromatic carbocycles. The summed E-state index contributed by atoms with van der Waals surface area (Å²) in [6.07, 6.45) is 2.43. The van der Waals surface area contributed by atoms with Crippen molar-refractivity contribution in [1.29, 1.82) is 0 Å². The molecule has 1 N–H and O–H groups in total. The maximum Gasteiger partial charge on any atom is 0.261 e. The standard InChI is InChI=1S/C7H10N3O2/c1-9(2)6(11)5-4-8-10(3)7(5)12/h12H,1-3H3. The van der Waals surface area contributed by atoms with Crippen LogP contribution >= 0.6 is 0 Å². The van der Waals surface area contributed by atoms with Crippen molar-refractivity contribution < 1.29 is 9.90 Å². The Hall–Kier alpha value is -1.52. The van der Waals surface area contributed by atoms with Crippen molar-refractivity contribution in [3.8, 4) is 5.88 Å². The number of amides is 1. The highest BCUT2D eigenvalue weighted by molar-refractivity contribution is 5.95. The van der Waals surface area contributed by atoms with E-state index in [2.05, 4.69) is 11.3 Å². The number of carbonyl (C=O) groups excluding carboxylic acids is 1.